The van der Waals surface area contributed by atoms with Gasteiger partial charge in [-0.25, -0.2) is 10.8 Å². The molecule has 1 aliphatic rings. The first-order valence-corrected chi connectivity index (χ1v) is 5.89. The molecule has 19 heavy (non-hydrogen) atoms. The zero-order valence-electron chi connectivity index (χ0n) is 10.4. The number of aliphatic imine (C=N–C) groups is 1. The van der Waals surface area contributed by atoms with Crippen LogP contribution in [0.2, 0.25) is 0 Å². The molecule has 0 aliphatic heterocycles. The van der Waals surface area contributed by atoms with E-state index in [1.807, 2.05) is 0 Å². The van der Waals surface area contributed by atoms with Gasteiger partial charge in [-0.1, -0.05) is 6.07 Å². The molecule has 0 atom stereocenters. The van der Waals surface area contributed by atoms with Gasteiger partial charge in [-0.3, -0.25) is 5.43 Å². The highest BCUT2D eigenvalue weighted by atomic mass is 19.4. The fraction of sp³-hybridized carbons (Fsp3) is 0.417. The van der Waals surface area contributed by atoms with Gasteiger partial charge in [0, 0.05) is 5.69 Å². The first-order valence-electron chi connectivity index (χ1n) is 5.89. The standard InChI is InChI=1S/C12H15F3N4/c1-7-2-3-8(12(13,14)15)6-10(7)18-11(19-16)17-9-4-5-9/h2-3,6,9H,4-5,16H2,1H3,(H2,17,18,19). The normalized spacial score (nSPS) is 16.4. The Hall–Kier alpha value is -1.76. The number of aryl methyl sites for hydroxylation is 1. The smallest absolute Gasteiger partial charge is 0.325 e. The highest BCUT2D eigenvalue weighted by Gasteiger charge is 2.31. The van der Waals surface area contributed by atoms with Crippen LogP contribution in [0.1, 0.15) is 24.0 Å². The van der Waals surface area contributed by atoms with Crippen LogP contribution in [-0.2, 0) is 6.18 Å². The topological polar surface area (TPSA) is 62.4 Å². The van der Waals surface area contributed by atoms with Crippen molar-refractivity contribution in [2.45, 2.75) is 32.0 Å². The van der Waals surface area contributed by atoms with Crippen molar-refractivity contribution in [1.29, 1.82) is 0 Å². The lowest BCUT2D eigenvalue weighted by atomic mass is 10.1. The zero-order chi connectivity index (χ0) is 14.0. The van der Waals surface area contributed by atoms with Crippen molar-refractivity contribution in [3.8, 4) is 0 Å². The minimum Gasteiger partial charge on any atom is -0.325 e. The molecule has 7 heteroatoms. The Morgan fingerprint density at radius 3 is 2.58 bits per heavy atom. The van der Waals surface area contributed by atoms with Gasteiger partial charge in [0.15, 0.2) is 0 Å². The molecule has 0 heterocycles. The second-order valence-corrected chi connectivity index (χ2v) is 4.51. The van der Waals surface area contributed by atoms with Crippen LogP contribution < -0.4 is 16.6 Å². The van der Waals surface area contributed by atoms with E-state index in [1.54, 1.807) is 6.92 Å². The van der Waals surface area contributed by atoms with Crippen molar-refractivity contribution in [2.24, 2.45) is 10.8 Å². The average Bonchev–Trinajstić information content (AvgIpc) is 3.13. The van der Waals surface area contributed by atoms with Gasteiger partial charge in [-0.15, -0.1) is 0 Å². The third-order valence-electron chi connectivity index (χ3n) is 2.81. The largest absolute Gasteiger partial charge is 0.416 e. The Kier molecular flexibility index (Phi) is 3.66. The van der Waals surface area contributed by atoms with E-state index < -0.39 is 11.7 Å². The molecule has 0 unspecified atom stereocenters. The van der Waals surface area contributed by atoms with Gasteiger partial charge in [0.05, 0.1) is 11.6 Å². The van der Waals surface area contributed by atoms with Crippen LogP contribution in [0.3, 0.4) is 0 Å². The molecule has 0 saturated heterocycles. The second kappa shape index (κ2) is 5.08. The lowest BCUT2D eigenvalue weighted by Crippen LogP contribution is -2.36. The molecule has 0 spiro atoms. The van der Waals surface area contributed by atoms with Gasteiger partial charge in [0.1, 0.15) is 0 Å². The molecule has 0 radical (unpaired) electrons. The number of nitrogens with zero attached hydrogens (tertiary/aromatic N) is 1. The second-order valence-electron chi connectivity index (χ2n) is 4.51. The molecule has 0 amide bonds. The molecule has 0 aromatic heterocycles. The van der Waals surface area contributed by atoms with Crippen LogP contribution in [0.15, 0.2) is 23.2 Å². The first-order chi connectivity index (χ1) is 8.90. The first kappa shape index (κ1) is 13.7. The lowest BCUT2D eigenvalue weighted by Gasteiger charge is -2.14. The van der Waals surface area contributed by atoms with Crippen molar-refractivity contribution in [3.05, 3.63) is 29.3 Å². The van der Waals surface area contributed by atoms with Crippen LogP contribution in [0.25, 0.3) is 0 Å². The Morgan fingerprint density at radius 1 is 1.37 bits per heavy atom. The van der Waals surface area contributed by atoms with Gasteiger partial charge in [0.2, 0.25) is 5.96 Å². The Morgan fingerprint density at radius 2 is 2.05 bits per heavy atom. The summed E-state index contributed by atoms with van der Waals surface area (Å²) in [6.07, 6.45) is -2.41. The Bertz CT molecular complexity index is 492. The summed E-state index contributed by atoms with van der Waals surface area (Å²) in [4.78, 5) is 4.22. The maximum absolute atomic E-state index is 12.6. The van der Waals surface area contributed by atoms with E-state index >= 15 is 0 Å². The summed E-state index contributed by atoms with van der Waals surface area (Å²) >= 11 is 0. The van der Waals surface area contributed by atoms with E-state index in [4.69, 9.17) is 5.84 Å². The number of halogens is 3. The van der Waals surface area contributed by atoms with Crippen molar-refractivity contribution in [2.75, 3.05) is 5.32 Å². The van der Waals surface area contributed by atoms with Crippen molar-refractivity contribution in [3.63, 3.8) is 0 Å². The SMILES string of the molecule is Cc1ccc(C(F)(F)F)cc1NC(=NC1CC1)NN. The number of nitrogens with two attached hydrogens (primary N) is 1. The number of hydrogen-bond acceptors (Lipinski definition) is 2. The van der Waals surface area contributed by atoms with Crippen LogP contribution in [0.4, 0.5) is 18.9 Å². The molecule has 1 saturated carbocycles. The lowest BCUT2D eigenvalue weighted by molar-refractivity contribution is -0.137. The summed E-state index contributed by atoms with van der Waals surface area (Å²) in [6, 6.07) is 3.73. The predicted molar refractivity (Wildman–Crippen MR) is 67.6 cm³/mol. The maximum atomic E-state index is 12.6. The summed E-state index contributed by atoms with van der Waals surface area (Å²) < 4.78 is 37.9. The van der Waals surface area contributed by atoms with E-state index in [2.05, 4.69) is 15.7 Å². The van der Waals surface area contributed by atoms with Gasteiger partial charge in [-0.05, 0) is 37.5 Å². The Balaban J connectivity index is 2.23. The molecule has 4 N–H and O–H groups in total. The summed E-state index contributed by atoms with van der Waals surface area (Å²) in [7, 11) is 0. The monoisotopic (exact) mass is 272 g/mol. The fourth-order valence-electron chi connectivity index (χ4n) is 1.55. The number of nitrogens with one attached hydrogen (secondary N) is 2. The Labute approximate surface area is 108 Å². The van der Waals surface area contributed by atoms with Crippen molar-refractivity contribution >= 4 is 11.6 Å². The van der Waals surface area contributed by atoms with E-state index in [9.17, 15) is 13.2 Å². The number of alkyl halides is 3. The number of benzene rings is 1. The molecule has 1 aromatic rings. The minimum absolute atomic E-state index is 0.213. The molecule has 4 nitrogen and oxygen atoms in total. The number of hydrazine groups is 1. The highest BCUT2D eigenvalue weighted by Crippen LogP contribution is 2.32. The third-order valence-corrected chi connectivity index (χ3v) is 2.81. The van der Waals surface area contributed by atoms with Gasteiger partial charge in [-0.2, -0.15) is 13.2 Å². The number of anilines is 1. The predicted octanol–water partition coefficient (Wildman–Crippen LogP) is 2.41. The van der Waals surface area contributed by atoms with Crippen LogP contribution >= 0.6 is 0 Å². The molecular weight excluding hydrogens is 257 g/mol. The van der Waals surface area contributed by atoms with E-state index in [1.165, 1.54) is 6.07 Å². The molecule has 0 bridgehead atoms. The van der Waals surface area contributed by atoms with Crippen LogP contribution in [0.5, 0.6) is 0 Å². The van der Waals surface area contributed by atoms with Gasteiger partial charge in [0.25, 0.3) is 0 Å². The number of hydrogen-bond donors (Lipinski definition) is 3. The summed E-state index contributed by atoms with van der Waals surface area (Å²) in [5.74, 6) is 5.59. The fourth-order valence-corrected chi connectivity index (χ4v) is 1.55. The summed E-state index contributed by atoms with van der Waals surface area (Å²) in [5, 5.41) is 2.79. The van der Waals surface area contributed by atoms with Crippen molar-refractivity contribution in [1.82, 2.24) is 5.43 Å². The van der Waals surface area contributed by atoms with E-state index in [0.29, 0.717) is 11.3 Å². The minimum atomic E-state index is -4.37. The maximum Gasteiger partial charge on any atom is 0.416 e. The number of rotatable bonds is 2. The zero-order valence-corrected chi connectivity index (χ0v) is 10.4. The molecule has 104 valence electrons. The molecule has 1 fully saturated rings. The van der Waals surface area contributed by atoms with Crippen LogP contribution in [-0.4, -0.2) is 12.0 Å². The molecule has 2 rings (SSSR count). The summed E-state index contributed by atoms with van der Waals surface area (Å²) in [5.41, 5.74) is 2.69. The highest BCUT2D eigenvalue weighted by molar-refractivity contribution is 5.94. The van der Waals surface area contributed by atoms with Gasteiger partial charge >= 0.3 is 6.18 Å². The molecular formula is C12H15F3N4. The van der Waals surface area contributed by atoms with E-state index in [0.717, 1.165) is 25.0 Å². The van der Waals surface area contributed by atoms with E-state index in [-0.39, 0.29) is 12.0 Å². The summed E-state index contributed by atoms with van der Waals surface area (Å²) in [6.45, 7) is 1.72. The quantitative estimate of drug-likeness (QED) is 0.335. The van der Waals surface area contributed by atoms with Crippen molar-refractivity contribution < 1.29 is 13.2 Å². The average molecular weight is 272 g/mol. The van der Waals surface area contributed by atoms with Crippen LogP contribution in [0, 0.1) is 6.92 Å². The number of guanidine groups is 1. The molecule has 1 aromatic carbocycles. The van der Waals surface area contributed by atoms with Gasteiger partial charge < -0.3 is 5.32 Å². The molecule has 1 aliphatic carbocycles. The third kappa shape index (κ3) is 3.60.